The van der Waals surface area contributed by atoms with Gasteiger partial charge in [0, 0.05) is 15.0 Å². The van der Waals surface area contributed by atoms with Gasteiger partial charge in [-0.1, -0.05) is 0 Å². The first kappa shape index (κ1) is 13.6. The number of amides is 1. The number of hydrogen-bond acceptors (Lipinski definition) is 3. The quantitative estimate of drug-likeness (QED) is 0.784. The molecule has 0 aliphatic rings. The van der Waals surface area contributed by atoms with E-state index < -0.39 is 0 Å². The number of nitrogens with two attached hydrogens (primary N) is 1. The number of nitrogen functional groups attached to an aromatic ring is 1. The molecule has 0 spiro atoms. The molecule has 0 aliphatic heterocycles. The molecule has 1 aromatic carbocycles. The van der Waals surface area contributed by atoms with Gasteiger partial charge in [0.2, 0.25) is 0 Å². The van der Waals surface area contributed by atoms with E-state index >= 15 is 0 Å². The van der Waals surface area contributed by atoms with Crippen LogP contribution in [0.3, 0.4) is 0 Å². The summed E-state index contributed by atoms with van der Waals surface area (Å²) < 4.78 is 1.79. The summed E-state index contributed by atoms with van der Waals surface area (Å²) in [4.78, 5) is 13.1. The molecule has 0 atom stereocenters. The van der Waals surface area contributed by atoms with Crippen LogP contribution in [0.25, 0.3) is 0 Å². The molecule has 1 aromatic heterocycles. The standard InChI is InChI=1S/C12H10Br2N2OS/c13-10-3-1-7(15)5-9(10)12(17)16-6-8-2-4-11(14)18-8/h1-5H,6,15H2,(H,16,17). The van der Waals surface area contributed by atoms with Crippen molar-refractivity contribution in [3.63, 3.8) is 0 Å². The van der Waals surface area contributed by atoms with Gasteiger partial charge < -0.3 is 11.1 Å². The van der Waals surface area contributed by atoms with Crippen LogP contribution in [0, 0.1) is 0 Å². The zero-order valence-electron chi connectivity index (χ0n) is 9.24. The number of nitrogens with one attached hydrogen (secondary N) is 1. The van der Waals surface area contributed by atoms with Crippen molar-refractivity contribution < 1.29 is 4.79 Å². The molecule has 0 saturated carbocycles. The maximum absolute atomic E-state index is 12.0. The topological polar surface area (TPSA) is 55.1 Å². The number of halogens is 2. The van der Waals surface area contributed by atoms with Crippen LogP contribution in [-0.2, 0) is 6.54 Å². The zero-order chi connectivity index (χ0) is 13.1. The van der Waals surface area contributed by atoms with Gasteiger partial charge in [0.15, 0.2) is 0 Å². The first-order valence-corrected chi connectivity index (χ1v) is 7.54. The summed E-state index contributed by atoms with van der Waals surface area (Å²) in [5.41, 5.74) is 6.79. The zero-order valence-corrected chi connectivity index (χ0v) is 13.2. The van der Waals surface area contributed by atoms with Crippen LogP contribution in [0.4, 0.5) is 5.69 Å². The lowest BCUT2D eigenvalue weighted by Crippen LogP contribution is -2.22. The highest BCUT2D eigenvalue weighted by atomic mass is 79.9. The second-order valence-corrected chi connectivity index (χ2v) is 7.03. The Morgan fingerprint density at radius 3 is 2.72 bits per heavy atom. The van der Waals surface area contributed by atoms with E-state index in [4.69, 9.17) is 5.73 Å². The number of thiophene rings is 1. The van der Waals surface area contributed by atoms with E-state index in [1.807, 2.05) is 12.1 Å². The largest absolute Gasteiger partial charge is 0.399 e. The maximum Gasteiger partial charge on any atom is 0.252 e. The van der Waals surface area contributed by atoms with Crippen molar-refractivity contribution in [1.82, 2.24) is 5.32 Å². The van der Waals surface area contributed by atoms with Crippen molar-refractivity contribution in [2.75, 3.05) is 5.73 Å². The minimum Gasteiger partial charge on any atom is -0.399 e. The van der Waals surface area contributed by atoms with Crippen LogP contribution in [0.2, 0.25) is 0 Å². The second kappa shape index (κ2) is 5.86. The number of benzene rings is 1. The van der Waals surface area contributed by atoms with Crippen molar-refractivity contribution in [2.45, 2.75) is 6.54 Å². The number of carbonyl (C=O) groups is 1. The molecule has 3 N–H and O–H groups in total. The molecular weight excluding hydrogens is 380 g/mol. The molecule has 3 nitrogen and oxygen atoms in total. The van der Waals surface area contributed by atoms with Gasteiger partial charge in [-0.3, -0.25) is 4.79 Å². The molecule has 1 amide bonds. The molecule has 0 saturated heterocycles. The Kier molecular flexibility index (Phi) is 4.42. The van der Waals surface area contributed by atoms with Crippen molar-refractivity contribution >= 4 is 54.8 Å². The first-order valence-electron chi connectivity index (χ1n) is 5.13. The summed E-state index contributed by atoms with van der Waals surface area (Å²) in [6.07, 6.45) is 0. The van der Waals surface area contributed by atoms with E-state index in [1.165, 1.54) is 0 Å². The van der Waals surface area contributed by atoms with Gasteiger partial charge in [-0.05, 0) is 62.2 Å². The normalized spacial score (nSPS) is 10.3. The third-order valence-electron chi connectivity index (χ3n) is 2.29. The minimum absolute atomic E-state index is 0.140. The van der Waals surface area contributed by atoms with Gasteiger partial charge in [-0.2, -0.15) is 0 Å². The Bertz CT molecular complexity index is 583. The van der Waals surface area contributed by atoms with Crippen molar-refractivity contribution in [2.24, 2.45) is 0 Å². The molecule has 0 aliphatic carbocycles. The molecule has 0 bridgehead atoms. The van der Waals surface area contributed by atoms with E-state index in [1.54, 1.807) is 29.5 Å². The molecular formula is C12H10Br2N2OS. The molecule has 2 aromatic rings. The predicted octanol–water partition coefficient (Wildman–Crippen LogP) is 3.79. The lowest BCUT2D eigenvalue weighted by molar-refractivity contribution is 0.0950. The van der Waals surface area contributed by atoms with E-state index in [2.05, 4.69) is 37.2 Å². The van der Waals surface area contributed by atoms with Crippen LogP contribution in [0.5, 0.6) is 0 Å². The molecule has 0 fully saturated rings. The third-order valence-corrected chi connectivity index (χ3v) is 4.60. The highest BCUT2D eigenvalue weighted by Crippen LogP contribution is 2.22. The van der Waals surface area contributed by atoms with Crippen molar-refractivity contribution in [1.29, 1.82) is 0 Å². The Hall–Kier alpha value is -0.850. The highest BCUT2D eigenvalue weighted by molar-refractivity contribution is 9.11. The summed E-state index contributed by atoms with van der Waals surface area (Å²) in [7, 11) is 0. The second-order valence-electron chi connectivity index (χ2n) is 3.63. The average molecular weight is 390 g/mol. The van der Waals surface area contributed by atoms with Crippen LogP contribution in [-0.4, -0.2) is 5.91 Å². The smallest absolute Gasteiger partial charge is 0.252 e. The Morgan fingerprint density at radius 1 is 1.28 bits per heavy atom. The molecule has 2 rings (SSSR count). The van der Waals surface area contributed by atoms with Gasteiger partial charge in [0.25, 0.3) is 5.91 Å². The Balaban J connectivity index is 2.05. The lowest BCUT2D eigenvalue weighted by atomic mass is 10.2. The number of rotatable bonds is 3. The Morgan fingerprint density at radius 2 is 2.06 bits per heavy atom. The van der Waals surface area contributed by atoms with Gasteiger partial charge in [0.05, 0.1) is 15.9 Å². The predicted molar refractivity (Wildman–Crippen MR) is 81.7 cm³/mol. The number of hydrogen-bond donors (Lipinski definition) is 2. The Labute approximate surface area is 126 Å². The van der Waals surface area contributed by atoms with E-state index in [0.29, 0.717) is 17.8 Å². The van der Waals surface area contributed by atoms with Crippen LogP contribution >= 0.6 is 43.2 Å². The summed E-state index contributed by atoms with van der Waals surface area (Å²) in [5, 5.41) is 2.86. The minimum atomic E-state index is -0.140. The first-order chi connectivity index (χ1) is 8.56. The van der Waals surface area contributed by atoms with Crippen LogP contribution in [0.1, 0.15) is 15.2 Å². The molecule has 94 valence electrons. The fourth-order valence-corrected chi connectivity index (χ4v) is 3.28. The summed E-state index contributed by atoms with van der Waals surface area (Å²) in [5.74, 6) is -0.140. The molecule has 0 unspecified atom stereocenters. The molecule has 1 heterocycles. The fraction of sp³-hybridized carbons (Fsp3) is 0.0833. The van der Waals surface area contributed by atoms with Crippen LogP contribution in [0.15, 0.2) is 38.6 Å². The van der Waals surface area contributed by atoms with Gasteiger partial charge in [-0.25, -0.2) is 0 Å². The van der Waals surface area contributed by atoms with Crippen LogP contribution < -0.4 is 11.1 Å². The maximum atomic E-state index is 12.0. The molecule has 18 heavy (non-hydrogen) atoms. The molecule has 0 radical (unpaired) electrons. The van der Waals surface area contributed by atoms with E-state index in [0.717, 1.165) is 13.1 Å². The van der Waals surface area contributed by atoms with E-state index in [9.17, 15) is 4.79 Å². The monoisotopic (exact) mass is 388 g/mol. The van der Waals surface area contributed by atoms with E-state index in [-0.39, 0.29) is 5.91 Å². The molecule has 6 heteroatoms. The van der Waals surface area contributed by atoms with Gasteiger partial charge in [0.1, 0.15) is 0 Å². The van der Waals surface area contributed by atoms with Gasteiger partial charge >= 0.3 is 0 Å². The van der Waals surface area contributed by atoms with Crippen molar-refractivity contribution in [3.05, 3.63) is 49.0 Å². The fourth-order valence-electron chi connectivity index (χ4n) is 1.43. The van der Waals surface area contributed by atoms with Gasteiger partial charge in [-0.15, -0.1) is 11.3 Å². The number of anilines is 1. The average Bonchev–Trinajstić information content (AvgIpc) is 2.75. The SMILES string of the molecule is Nc1ccc(Br)c(C(=O)NCc2ccc(Br)s2)c1. The highest BCUT2D eigenvalue weighted by Gasteiger charge is 2.10. The van der Waals surface area contributed by atoms with Crippen molar-refractivity contribution in [3.8, 4) is 0 Å². The number of carbonyl (C=O) groups excluding carboxylic acids is 1. The lowest BCUT2D eigenvalue weighted by Gasteiger charge is -2.06. The summed E-state index contributed by atoms with van der Waals surface area (Å²) in [6, 6.07) is 9.11. The third kappa shape index (κ3) is 3.34. The summed E-state index contributed by atoms with van der Waals surface area (Å²) >= 11 is 8.32. The summed E-state index contributed by atoms with van der Waals surface area (Å²) in [6.45, 7) is 0.510.